The van der Waals surface area contributed by atoms with Crippen LogP contribution in [0.5, 0.6) is 11.5 Å². The summed E-state index contributed by atoms with van der Waals surface area (Å²) in [5, 5.41) is 0. The summed E-state index contributed by atoms with van der Waals surface area (Å²) in [4.78, 5) is 12.3. The quantitative estimate of drug-likeness (QED) is 0.386. The Bertz CT molecular complexity index is 768. The van der Waals surface area contributed by atoms with Gasteiger partial charge in [0.1, 0.15) is 11.5 Å². The second-order valence-electron chi connectivity index (χ2n) is 6.90. The van der Waals surface area contributed by atoms with E-state index in [9.17, 15) is 4.79 Å². The molecule has 0 N–H and O–H groups in total. The van der Waals surface area contributed by atoms with Crippen molar-refractivity contribution in [3.8, 4) is 11.5 Å². The van der Waals surface area contributed by atoms with Crippen LogP contribution in [0.4, 0.5) is 0 Å². The molecule has 0 saturated heterocycles. The molecule has 0 aromatic heterocycles. The molecule has 140 valence electrons. The molecule has 2 rings (SSSR count). The zero-order valence-electron chi connectivity index (χ0n) is 16.1. The predicted molar refractivity (Wildman–Crippen MR) is 109 cm³/mol. The summed E-state index contributed by atoms with van der Waals surface area (Å²) < 4.78 is 12.4. The van der Waals surface area contributed by atoms with Gasteiger partial charge < -0.3 is 9.47 Å². The van der Waals surface area contributed by atoms with Crippen molar-refractivity contribution in [3.05, 3.63) is 57.6 Å². The molecule has 0 bridgehead atoms. The molecule has 0 aliphatic rings. The smallest absolute Gasteiger partial charge is 0.349 e. The molecular formula is C22H27BrO3. The van der Waals surface area contributed by atoms with E-state index in [2.05, 4.69) is 49.7 Å². The van der Waals surface area contributed by atoms with Gasteiger partial charge in [0.05, 0.1) is 0 Å². The number of para-hydroxylation sites is 1. The van der Waals surface area contributed by atoms with Crippen LogP contribution in [0.15, 0.2) is 40.9 Å². The van der Waals surface area contributed by atoms with Crippen molar-refractivity contribution >= 4 is 21.9 Å². The Morgan fingerprint density at radius 3 is 2.42 bits per heavy atom. The third kappa shape index (κ3) is 5.10. The van der Waals surface area contributed by atoms with Gasteiger partial charge in [-0.05, 0) is 60.1 Å². The molecule has 0 spiro atoms. The highest BCUT2D eigenvalue weighted by Gasteiger charge is 2.16. The van der Waals surface area contributed by atoms with Crippen molar-refractivity contribution in [2.24, 2.45) is 0 Å². The summed E-state index contributed by atoms with van der Waals surface area (Å²) in [5.41, 5.74) is 3.18. The van der Waals surface area contributed by atoms with E-state index in [0.29, 0.717) is 17.6 Å². The zero-order chi connectivity index (χ0) is 19.3. The lowest BCUT2D eigenvalue weighted by Gasteiger charge is -2.17. The van der Waals surface area contributed by atoms with Crippen LogP contribution in [0.2, 0.25) is 0 Å². The Balaban J connectivity index is 2.10. The zero-order valence-corrected chi connectivity index (χ0v) is 17.7. The van der Waals surface area contributed by atoms with E-state index in [1.54, 1.807) is 0 Å². The Labute approximate surface area is 164 Å². The normalized spacial score (nSPS) is 12.1. The number of hydrogen-bond donors (Lipinski definition) is 0. The van der Waals surface area contributed by atoms with Crippen LogP contribution in [-0.2, 0) is 4.79 Å². The van der Waals surface area contributed by atoms with Crippen LogP contribution in [0, 0.1) is 6.92 Å². The highest BCUT2D eigenvalue weighted by atomic mass is 79.9. The largest absolute Gasteiger partial charge is 0.482 e. The molecule has 4 heteroatoms. The standard InChI is InChI=1S/C22H27BrO3/c1-6-15(4)17-9-7-8-10-20(17)26-22(24)13-25-21-11-16(5)19(23)12-18(21)14(2)3/h7-12,14-15H,6,13H2,1-5H3. The van der Waals surface area contributed by atoms with Crippen molar-refractivity contribution in [3.63, 3.8) is 0 Å². The summed E-state index contributed by atoms with van der Waals surface area (Å²) in [7, 11) is 0. The lowest BCUT2D eigenvalue weighted by atomic mass is 9.98. The minimum absolute atomic E-state index is 0.115. The van der Waals surface area contributed by atoms with Gasteiger partial charge >= 0.3 is 5.97 Å². The van der Waals surface area contributed by atoms with Gasteiger partial charge in [0.25, 0.3) is 0 Å². The molecule has 0 heterocycles. The van der Waals surface area contributed by atoms with E-state index in [1.807, 2.05) is 37.3 Å². The molecule has 0 aliphatic heterocycles. The van der Waals surface area contributed by atoms with E-state index in [0.717, 1.165) is 33.3 Å². The number of halogens is 1. The van der Waals surface area contributed by atoms with Gasteiger partial charge in [-0.25, -0.2) is 4.79 Å². The number of carbonyl (C=O) groups excluding carboxylic acids is 1. The van der Waals surface area contributed by atoms with E-state index in [1.165, 1.54) is 0 Å². The Kier molecular flexibility index (Phi) is 7.27. The molecule has 0 saturated carbocycles. The number of esters is 1. The fourth-order valence-electron chi connectivity index (χ4n) is 2.74. The fraction of sp³-hybridized carbons (Fsp3) is 0.409. The van der Waals surface area contributed by atoms with E-state index >= 15 is 0 Å². The molecule has 0 fully saturated rings. The highest BCUT2D eigenvalue weighted by molar-refractivity contribution is 9.10. The fourth-order valence-corrected chi connectivity index (χ4v) is 3.10. The third-order valence-corrected chi connectivity index (χ3v) is 5.40. The SMILES string of the molecule is CCC(C)c1ccccc1OC(=O)COc1cc(C)c(Br)cc1C(C)C. The van der Waals surface area contributed by atoms with E-state index in [-0.39, 0.29) is 6.61 Å². The molecule has 0 amide bonds. The Morgan fingerprint density at radius 1 is 1.08 bits per heavy atom. The van der Waals surface area contributed by atoms with Gasteiger partial charge in [-0.2, -0.15) is 0 Å². The number of aryl methyl sites for hydroxylation is 1. The van der Waals surface area contributed by atoms with Gasteiger partial charge in [0.2, 0.25) is 0 Å². The lowest BCUT2D eigenvalue weighted by Crippen LogP contribution is -2.19. The topological polar surface area (TPSA) is 35.5 Å². The number of rotatable bonds is 7. The maximum Gasteiger partial charge on any atom is 0.349 e. The first-order valence-corrected chi connectivity index (χ1v) is 9.85. The van der Waals surface area contributed by atoms with Gasteiger partial charge in [-0.1, -0.05) is 61.8 Å². The Morgan fingerprint density at radius 2 is 1.77 bits per heavy atom. The number of ether oxygens (including phenoxy) is 2. The maximum atomic E-state index is 12.3. The molecule has 0 radical (unpaired) electrons. The Hall–Kier alpha value is -1.81. The third-order valence-electron chi connectivity index (χ3n) is 4.54. The lowest BCUT2D eigenvalue weighted by molar-refractivity contribution is -0.136. The molecule has 2 aromatic rings. The summed E-state index contributed by atoms with van der Waals surface area (Å²) in [6, 6.07) is 11.7. The van der Waals surface area contributed by atoms with Crippen molar-refractivity contribution in [1.82, 2.24) is 0 Å². The second kappa shape index (κ2) is 9.22. The average molecular weight is 419 g/mol. The van der Waals surface area contributed by atoms with Crippen LogP contribution in [0.3, 0.4) is 0 Å². The highest BCUT2D eigenvalue weighted by Crippen LogP contribution is 2.32. The summed E-state index contributed by atoms with van der Waals surface area (Å²) in [5.74, 6) is 1.58. The van der Waals surface area contributed by atoms with Gasteiger partial charge in [0, 0.05) is 4.47 Å². The molecule has 26 heavy (non-hydrogen) atoms. The van der Waals surface area contributed by atoms with E-state index < -0.39 is 5.97 Å². The van der Waals surface area contributed by atoms with Gasteiger partial charge in [0.15, 0.2) is 6.61 Å². The number of benzene rings is 2. The molecule has 3 nitrogen and oxygen atoms in total. The van der Waals surface area contributed by atoms with Crippen LogP contribution < -0.4 is 9.47 Å². The first-order valence-electron chi connectivity index (χ1n) is 9.05. The van der Waals surface area contributed by atoms with Gasteiger partial charge in [-0.15, -0.1) is 0 Å². The monoisotopic (exact) mass is 418 g/mol. The minimum Gasteiger partial charge on any atom is -0.482 e. The van der Waals surface area contributed by atoms with E-state index in [4.69, 9.17) is 9.47 Å². The number of carbonyl (C=O) groups is 1. The van der Waals surface area contributed by atoms with Crippen molar-refractivity contribution in [2.75, 3.05) is 6.61 Å². The van der Waals surface area contributed by atoms with Crippen molar-refractivity contribution in [2.45, 2.75) is 52.9 Å². The molecule has 2 aromatic carbocycles. The van der Waals surface area contributed by atoms with Crippen LogP contribution in [0.1, 0.15) is 62.6 Å². The first-order chi connectivity index (χ1) is 12.3. The summed E-state index contributed by atoms with van der Waals surface area (Å²) >= 11 is 3.55. The minimum atomic E-state index is -0.393. The summed E-state index contributed by atoms with van der Waals surface area (Å²) in [6.45, 7) is 10.3. The van der Waals surface area contributed by atoms with Crippen LogP contribution in [0.25, 0.3) is 0 Å². The number of hydrogen-bond acceptors (Lipinski definition) is 3. The molecular weight excluding hydrogens is 392 g/mol. The van der Waals surface area contributed by atoms with Crippen LogP contribution in [-0.4, -0.2) is 12.6 Å². The first kappa shape index (κ1) is 20.5. The predicted octanol–water partition coefficient (Wildman–Crippen LogP) is 6.38. The maximum absolute atomic E-state index is 12.3. The molecule has 1 atom stereocenters. The molecule has 0 aliphatic carbocycles. The molecule has 1 unspecified atom stereocenters. The van der Waals surface area contributed by atoms with Gasteiger partial charge in [-0.3, -0.25) is 0 Å². The van der Waals surface area contributed by atoms with Crippen molar-refractivity contribution in [1.29, 1.82) is 0 Å². The van der Waals surface area contributed by atoms with Crippen LogP contribution >= 0.6 is 15.9 Å². The van der Waals surface area contributed by atoms with Crippen molar-refractivity contribution < 1.29 is 14.3 Å². The second-order valence-corrected chi connectivity index (χ2v) is 7.76. The summed E-state index contributed by atoms with van der Waals surface area (Å²) in [6.07, 6.45) is 0.987. The average Bonchev–Trinajstić information content (AvgIpc) is 2.62.